The molecule has 92 valence electrons. The third-order valence-electron chi connectivity index (χ3n) is 2.91. The standard InChI is InChI=1S/C11H18FN3.ClH/c1-3-15-11(12)10(8(2)14-15)7-13-6-9-4-5-9;/h9,13H,3-7H2,1-2H3;1H. The van der Waals surface area contributed by atoms with Crippen LogP contribution in [0.2, 0.25) is 0 Å². The Bertz CT molecular complexity index is 347. The summed E-state index contributed by atoms with van der Waals surface area (Å²) in [5, 5.41) is 7.43. The Balaban J connectivity index is 0.00000128. The second kappa shape index (κ2) is 5.64. The third kappa shape index (κ3) is 2.95. The first-order chi connectivity index (χ1) is 7.22. The van der Waals surface area contributed by atoms with E-state index in [4.69, 9.17) is 0 Å². The lowest BCUT2D eigenvalue weighted by molar-refractivity contribution is 0.459. The second-order valence-corrected chi connectivity index (χ2v) is 4.24. The molecule has 1 heterocycles. The molecule has 1 aliphatic rings. The van der Waals surface area contributed by atoms with Crippen LogP contribution in [-0.4, -0.2) is 16.3 Å². The number of rotatable bonds is 5. The fourth-order valence-corrected chi connectivity index (χ4v) is 1.72. The van der Waals surface area contributed by atoms with Gasteiger partial charge in [-0.1, -0.05) is 0 Å². The molecule has 1 aromatic rings. The van der Waals surface area contributed by atoms with Crippen molar-refractivity contribution in [1.82, 2.24) is 15.1 Å². The summed E-state index contributed by atoms with van der Waals surface area (Å²) in [6, 6.07) is 0. The first-order valence-corrected chi connectivity index (χ1v) is 5.64. The van der Waals surface area contributed by atoms with E-state index in [9.17, 15) is 4.39 Å². The van der Waals surface area contributed by atoms with E-state index >= 15 is 0 Å². The van der Waals surface area contributed by atoms with Gasteiger partial charge in [0.15, 0.2) is 0 Å². The van der Waals surface area contributed by atoms with Crippen molar-refractivity contribution in [3.63, 3.8) is 0 Å². The van der Waals surface area contributed by atoms with Gasteiger partial charge in [-0.15, -0.1) is 12.4 Å². The zero-order valence-corrected chi connectivity index (χ0v) is 10.6. The van der Waals surface area contributed by atoms with Crippen LogP contribution < -0.4 is 5.32 Å². The smallest absolute Gasteiger partial charge is 0.216 e. The molecule has 16 heavy (non-hydrogen) atoms. The van der Waals surface area contributed by atoms with Crippen LogP contribution in [0.4, 0.5) is 4.39 Å². The predicted molar refractivity (Wildman–Crippen MR) is 64.3 cm³/mol. The van der Waals surface area contributed by atoms with Crippen molar-refractivity contribution in [2.75, 3.05) is 6.54 Å². The van der Waals surface area contributed by atoms with Crippen molar-refractivity contribution in [1.29, 1.82) is 0 Å². The molecule has 0 unspecified atom stereocenters. The van der Waals surface area contributed by atoms with Crippen LogP contribution in [0.5, 0.6) is 0 Å². The maximum Gasteiger partial charge on any atom is 0.216 e. The van der Waals surface area contributed by atoms with Gasteiger partial charge in [0.2, 0.25) is 5.95 Å². The molecule has 1 N–H and O–H groups in total. The van der Waals surface area contributed by atoms with Crippen LogP contribution in [0.15, 0.2) is 0 Å². The van der Waals surface area contributed by atoms with Crippen LogP contribution in [0, 0.1) is 18.8 Å². The van der Waals surface area contributed by atoms with Gasteiger partial charge in [-0.2, -0.15) is 9.49 Å². The van der Waals surface area contributed by atoms with Crippen molar-refractivity contribution < 1.29 is 4.39 Å². The molecular formula is C11H19ClFN3. The normalized spacial score (nSPS) is 14.9. The summed E-state index contributed by atoms with van der Waals surface area (Å²) in [6.45, 7) is 5.97. The molecule has 0 spiro atoms. The highest BCUT2D eigenvalue weighted by molar-refractivity contribution is 5.85. The molecule has 0 radical (unpaired) electrons. The molecule has 3 nitrogen and oxygen atoms in total. The highest BCUT2D eigenvalue weighted by Crippen LogP contribution is 2.27. The Kier molecular flexibility index (Phi) is 4.74. The lowest BCUT2D eigenvalue weighted by Crippen LogP contribution is -2.17. The fraction of sp³-hybridized carbons (Fsp3) is 0.727. The van der Waals surface area contributed by atoms with E-state index in [1.807, 2.05) is 13.8 Å². The molecule has 1 fully saturated rings. The molecule has 2 rings (SSSR count). The number of hydrogen-bond acceptors (Lipinski definition) is 2. The molecule has 0 aromatic carbocycles. The van der Waals surface area contributed by atoms with Crippen molar-refractivity contribution in [2.24, 2.45) is 5.92 Å². The Hall–Kier alpha value is -0.610. The average Bonchev–Trinajstić information content (AvgIpc) is 2.99. The van der Waals surface area contributed by atoms with E-state index in [2.05, 4.69) is 10.4 Å². The Labute approximate surface area is 102 Å². The van der Waals surface area contributed by atoms with E-state index in [0.717, 1.165) is 23.7 Å². The summed E-state index contributed by atoms with van der Waals surface area (Å²) in [4.78, 5) is 0. The van der Waals surface area contributed by atoms with E-state index in [-0.39, 0.29) is 18.4 Å². The van der Waals surface area contributed by atoms with Gasteiger partial charge in [0, 0.05) is 18.7 Å². The van der Waals surface area contributed by atoms with E-state index in [1.165, 1.54) is 17.5 Å². The van der Waals surface area contributed by atoms with E-state index in [0.29, 0.717) is 13.1 Å². The molecule has 1 aliphatic carbocycles. The number of halogens is 2. The molecule has 0 amide bonds. The van der Waals surface area contributed by atoms with Crippen LogP contribution in [0.3, 0.4) is 0 Å². The lowest BCUT2D eigenvalue weighted by Gasteiger charge is -2.02. The van der Waals surface area contributed by atoms with E-state index in [1.54, 1.807) is 0 Å². The monoisotopic (exact) mass is 247 g/mol. The van der Waals surface area contributed by atoms with Gasteiger partial charge in [-0.25, -0.2) is 4.68 Å². The summed E-state index contributed by atoms with van der Waals surface area (Å²) in [5.74, 6) is 0.646. The highest BCUT2D eigenvalue weighted by atomic mass is 35.5. The van der Waals surface area contributed by atoms with Crippen LogP contribution in [0.25, 0.3) is 0 Å². The van der Waals surface area contributed by atoms with Crippen molar-refractivity contribution in [3.05, 3.63) is 17.2 Å². The maximum absolute atomic E-state index is 13.7. The first kappa shape index (κ1) is 13.5. The zero-order valence-electron chi connectivity index (χ0n) is 9.79. The van der Waals surface area contributed by atoms with Crippen LogP contribution in [-0.2, 0) is 13.1 Å². The number of hydrogen-bond donors (Lipinski definition) is 1. The minimum Gasteiger partial charge on any atom is -0.312 e. The SMILES string of the molecule is CCn1nc(C)c(CNCC2CC2)c1F.Cl. The predicted octanol–water partition coefficient (Wildman–Crippen LogP) is 2.27. The molecule has 0 aliphatic heterocycles. The van der Waals surface area contributed by atoms with Gasteiger partial charge >= 0.3 is 0 Å². The third-order valence-corrected chi connectivity index (χ3v) is 2.91. The summed E-state index contributed by atoms with van der Waals surface area (Å²) in [7, 11) is 0. The molecular weight excluding hydrogens is 229 g/mol. The molecule has 1 aromatic heterocycles. The Morgan fingerprint density at radius 1 is 1.50 bits per heavy atom. The Morgan fingerprint density at radius 2 is 2.19 bits per heavy atom. The van der Waals surface area contributed by atoms with Gasteiger partial charge in [-0.05, 0) is 39.2 Å². The van der Waals surface area contributed by atoms with Gasteiger partial charge < -0.3 is 5.32 Å². The highest BCUT2D eigenvalue weighted by Gasteiger charge is 2.21. The average molecular weight is 248 g/mol. The number of nitrogens with zero attached hydrogens (tertiary/aromatic N) is 2. The van der Waals surface area contributed by atoms with Crippen molar-refractivity contribution in [2.45, 2.75) is 39.8 Å². The van der Waals surface area contributed by atoms with Gasteiger partial charge in [0.1, 0.15) is 0 Å². The quantitative estimate of drug-likeness (QED) is 0.865. The van der Waals surface area contributed by atoms with Crippen molar-refractivity contribution in [3.8, 4) is 0 Å². The van der Waals surface area contributed by atoms with Gasteiger partial charge in [0.05, 0.1) is 5.69 Å². The number of aryl methyl sites for hydroxylation is 2. The topological polar surface area (TPSA) is 29.9 Å². The number of nitrogens with one attached hydrogen (secondary N) is 1. The maximum atomic E-state index is 13.7. The van der Waals surface area contributed by atoms with E-state index < -0.39 is 0 Å². The van der Waals surface area contributed by atoms with Gasteiger partial charge in [0.25, 0.3) is 0 Å². The van der Waals surface area contributed by atoms with Crippen LogP contribution in [0.1, 0.15) is 31.0 Å². The van der Waals surface area contributed by atoms with Crippen LogP contribution >= 0.6 is 12.4 Å². The molecule has 0 saturated heterocycles. The fourth-order valence-electron chi connectivity index (χ4n) is 1.72. The minimum atomic E-state index is -0.182. The summed E-state index contributed by atoms with van der Waals surface area (Å²) in [6.07, 6.45) is 2.64. The minimum absolute atomic E-state index is 0. The van der Waals surface area contributed by atoms with Crippen molar-refractivity contribution >= 4 is 12.4 Å². The Morgan fingerprint density at radius 3 is 2.69 bits per heavy atom. The summed E-state index contributed by atoms with van der Waals surface area (Å²) < 4.78 is 15.1. The second-order valence-electron chi connectivity index (χ2n) is 4.24. The molecule has 0 bridgehead atoms. The first-order valence-electron chi connectivity index (χ1n) is 5.64. The molecule has 5 heteroatoms. The summed E-state index contributed by atoms with van der Waals surface area (Å²) in [5.41, 5.74) is 1.52. The molecule has 1 saturated carbocycles. The zero-order chi connectivity index (χ0) is 10.8. The molecule has 0 atom stereocenters. The lowest BCUT2D eigenvalue weighted by atomic mass is 10.2. The largest absolute Gasteiger partial charge is 0.312 e. The number of aromatic nitrogens is 2. The van der Waals surface area contributed by atoms with Gasteiger partial charge in [-0.3, -0.25) is 0 Å². The summed E-state index contributed by atoms with van der Waals surface area (Å²) >= 11 is 0.